The first-order valence-electron chi connectivity index (χ1n) is 6.27. The van der Waals surface area contributed by atoms with E-state index in [9.17, 15) is 4.79 Å². The molecule has 1 aromatic carbocycles. The van der Waals surface area contributed by atoms with Gasteiger partial charge in [-0.3, -0.25) is 4.79 Å². The standard InChI is InChI=1S/C15H18N2O2/c1-3-19-12-8-6-11(7-9-12)14(16)13-5-4-10-17(2)15(13)18/h4-10,14H,3,16H2,1-2H3. The first-order valence-corrected chi connectivity index (χ1v) is 6.27. The quantitative estimate of drug-likeness (QED) is 0.910. The highest BCUT2D eigenvalue weighted by Gasteiger charge is 2.13. The molecule has 0 saturated carbocycles. The van der Waals surface area contributed by atoms with Crippen LogP contribution in [-0.2, 0) is 7.05 Å². The van der Waals surface area contributed by atoms with E-state index in [4.69, 9.17) is 10.5 Å². The van der Waals surface area contributed by atoms with Gasteiger partial charge in [-0.15, -0.1) is 0 Å². The number of pyridine rings is 1. The number of nitrogens with two attached hydrogens (primary N) is 1. The van der Waals surface area contributed by atoms with Crippen LogP contribution in [0.2, 0.25) is 0 Å². The van der Waals surface area contributed by atoms with Crippen molar-refractivity contribution in [1.82, 2.24) is 4.57 Å². The molecule has 4 heteroatoms. The number of benzene rings is 1. The maximum atomic E-state index is 12.0. The molecule has 1 heterocycles. The van der Waals surface area contributed by atoms with Crippen molar-refractivity contribution in [2.45, 2.75) is 13.0 Å². The van der Waals surface area contributed by atoms with Gasteiger partial charge in [-0.05, 0) is 30.7 Å². The molecule has 0 amide bonds. The van der Waals surface area contributed by atoms with E-state index < -0.39 is 6.04 Å². The third kappa shape index (κ3) is 2.85. The van der Waals surface area contributed by atoms with Gasteiger partial charge in [0.1, 0.15) is 5.75 Å². The Labute approximate surface area is 112 Å². The van der Waals surface area contributed by atoms with Crippen molar-refractivity contribution in [2.24, 2.45) is 12.8 Å². The molecular formula is C15H18N2O2. The van der Waals surface area contributed by atoms with Gasteiger partial charge in [0.15, 0.2) is 0 Å². The summed E-state index contributed by atoms with van der Waals surface area (Å²) in [6, 6.07) is 10.7. The SMILES string of the molecule is CCOc1ccc(C(N)c2cccn(C)c2=O)cc1. The van der Waals surface area contributed by atoms with E-state index in [2.05, 4.69) is 0 Å². The molecule has 2 aromatic rings. The largest absolute Gasteiger partial charge is 0.494 e. The summed E-state index contributed by atoms with van der Waals surface area (Å²) < 4.78 is 6.91. The molecular weight excluding hydrogens is 240 g/mol. The summed E-state index contributed by atoms with van der Waals surface area (Å²) in [5.74, 6) is 0.805. The van der Waals surface area contributed by atoms with Crippen molar-refractivity contribution < 1.29 is 4.74 Å². The van der Waals surface area contributed by atoms with E-state index in [-0.39, 0.29) is 5.56 Å². The van der Waals surface area contributed by atoms with E-state index >= 15 is 0 Å². The lowest BCUT2D eigenvalue weighted by molar-refractivity contribution is 0.340. The Balaban J connectivity index is 2.31. The lowest BCUT2D eigenvalue weighted by Gasteiger charge is -2.13. The molecule has 0 aliphatic heterocycles. The van der Waals surface area contributed by atoms with Crippen LogP contribution in [0.1, 0.15) is 24.1 Å². The van der Waals surface area contributed by atoms with Crippen molar-refractivity contribution in [3.8, 4) is 5.75 Å². The molecule has 4 nitrogen and oxygen atoms in total. The summed E-state index contributed by atoms with van der Waals surface area (Å²) in [5, 5.41) is 0. The number of hydrogen-bond acceptors (Lipinski definition) is 3. The molecule has 2 N–H and O–H groups in total. The molecule has 0 bridgehead atoms. The van der Waals surface area contributed by atoms with Gasteiger partial charge in [0.2, 0.25) is 0 Å². The number of nitrogens with zero attached hydrogens (tertiary/aromatic N) is 1. The van der Waals surface area contributed by atoms with Gasteiger partial charge in [-0.1, -0.05) is 18.2 Å². The second-order valence-electron chi connectivity index (χ2n) is 4.36. The summed E-state index contributed by atoms with van der Waals surface area (Å²) in [5.41, 5.74) is 7.58. The van der Waals surface area contributed by atoms with Crippen LogP contribution >= 0.6 is 0 Å². The fourth-order valence-corrected chi connectivity index (χ4v) is 1.97. The Bertz CT molecular complexity index is 602. The van der Waals surface area contributed by atoms with Gasteiger partial charge >= 0.3 is 0 Å². The number of aryl methyl sites for hydroxylation is 1. The van der Waals surface area contributed by atoms with Gasteiger partial charge in [0, 0.05) is 18.8 Å². The molecule has 0 radical (unpaired) electrons. The Hall–Kier alpha value is -2.07. The predicted molar refractivity (Wildman–Crippen MR) is 75.3 cm³/mol. The lowest BCUT2D eigenvalue weighted by atomic mass is 10.0. The third-order valence-corrected chi connectivity index (χ3v) is 3.04. The van der Waals surface area contributed by atoms with E-state index in [1.54, 1.807) is 19.3 Å². The first-order chi connectivity index (χ1) is 9.13. The highest BCUT2D eigenvalue weighted by molar-refractivity contribution is 5.34. The Morgan fingerprint density at radius 3 is 2.58 bits per heavy atom. The Morgan fingerprint density at radius 2 is 1.95 bits per heavy atom. The maximum Gasteiger partial charge on any atom is 0.255 e. The molecule has 100 valence electrons. The van der Waals surface area contributed by atoms with Crippen molar-refractivity contribution in [3.05, 3.63) is 64.1 Å². The summed E-state index contributed by atoms with van der Waals surface area (Å²) in [6.45, 7) is 2.57. The van der Waals surface area contributed by atoms with Crippen molar-refractivity contribution in [3.63, 3.8) is 0 Å². The molecule has 0 spiro atoms. The van der Waals surface area contributed by atoms with Crippen molar-refractivity contribution in [2.75, 3.05) is 6.61 Å². The first kappa shape index (κ1) is 13.4. The van der Waals surface area contributed by atoms with Gasteiger partial charge in [-0.2, -0.15) is 0 Å². The normalized spacial score (nSPS) is 12.2. The molecule has 1 unspecified atom stereocenters. The zero-order valence-electron chi connectivity index (χ0n) is 11.2. The highest BCUT2D eigenvalue weighted by Crippen LogP contribution is 2.20. The molecule has 0 aliphatic carbocycles. The molecule has 1 aromatic heterocycles. The van der Waals surface area contributed by atoms with E-state index in [1.807, 2.05) is 37.3 Å². The van der Waals surface area contributed by atoms with Gasteiger partial charge in [0.05, 0.1) is 12.6 Å². The smallest absolute Gasteiger partial charge is 0.255 e. The Morgan fingerprint density at radius 1 is 1.26 bits per heavy atom. The topological polar surface area (TPSA) is 57.2 Å². The number of rotatable bonds is 4. The third-order valence-electron chi connectivity index (χ3n) is 3.04. The van der Waals surface area contributed by atoms with Gasteiger partial charge in [0.25, 0.3) is 5.56 Å². The van der Waals surface area contributed by atoms with Crippen LogP contribution in [0, 0.1) is 0 Å². The summed E-state index contributed by atoms with van der Waals surface area (Å²) >= 11 is 0. The minimum atomic E-state index is -0.421. The monoisotopic (exact) mass is 258 g/mol. The fraction of sp³-hybridized carbons (Fsp3) is 0.267. The van der Waals surface area contributed by atoms with Crippen LogP contribution in [0.25, 0.3) is 0 Å². The Kier molecular flexibility index (Phi) is 4.02. The highest BCUT2D eigenvalue weighted by atomic mass is 16.5. The predicted octanol–water partition coefficient (Wildman–Crippen LogP) is 1.83. The van der Waals surface area contributed by atoms with Crippen LogP contribution in [0.4, 0.5) is 0 Å². The molecule has 2 rings (SSSR count). The van der Waals surface area contributed by atoms with Crippen LogP contribution in [0.3, 0.4) is 0 Å². The molecule has 0 aliphatic rings. The molecule has 0 fully saturated rings. The number of ether oxygens (including phenoxy) is 1. The van der Waals surface area contributed by atoms with Crippen molar-refractivity contribution >= 4 is 0 Å². The lowest BCUT2D eigenvalue weighted by Crippen LogP contribution is -2.26. The molecule has 19 heavy (non-hydrogen) atoms. The van der Waals surface area contributed by atoms with Crippen LogP contribution < -0.4 is 16.0 Å². The van der Waals surface area contributed by atoms with E-state index in [1.165, 1.54) is 4.57 Å². The molecule has 1 atom stereocenters. The maximum absolute atomic E-state index is 12.0. The molecule has 0 saturated heterocycles. The van der Waals surface area contributed by atoms with Gasteiger partial charge in [-0.25, -0.2) is 0 Å². The summed E-state index contributed by atoms with van der Waals surface area (Å²) in [7, 11) is 1.72. The summed E-state index contributed by atoms with van der Waals surface area (Å²) in [4.78, 5) is 12.0. The van der Waals surface area contributed by atoms with Crippen LogP contribution in [-0.4, -0.2) is 11.2 Å². The summed E-state index contributed by atoms with van der Waals surface area (Å²) in [6.07, 6.45) is 1.72. The van der Waals surface area contributed by atoms with Crippen LogP contribution in [0.5, 0.6) is 5.75 Å². The van der Waals surface area contributed by atoms with E-state index in [0.717, 1.165) is 11.3 Å². The fourth-order valence-electron chi connectivity index (χ4n) is 1.97. The average Bonchev–Trinajstić information content (AvgIpc) is 2.42. The van der Waals surface area contributed by atoms with Gasteiger partial charge < -0.3 is 15.0 Å². The van der Waals surface area contributed by atoms with Crippen molar-refractivity contribution in [1.29, 1.82) is 0 Å². The second kappa shape index (κ2) is 5.71. The number of hydrogen-bond donors (Lipinski definition) is 1. The zero-order valence-corrected chi connectivity index (χ0v) is 11.2. The van der Waals surface area contributed by atoms with Crippen LogP contribution in [0.15, 0.2) is 47.4 Å². The minimum absolute atomic E-state index is 0.0658. The zero-order chi connectivity index (χ0) is 13.8. The average molecular weight is 258 g/mol. The van der Waals surface area contributed by atoms with E-state index in [0.29, 0.717) is 12.2 Å². The second-order valence-corrected chi connectivity index (χ2v) is 4.36. The minimum Gasteiger partial charge on any atom is -0.494 e. The number of aromatic nitrogens is 1.